The molecule has 0 aromatic carbocycles. The zero-order chi connectivity index (χ0) is 14.7. The maximum atomic E-state index is 5.75. The first kappa shape index (κ1) is 14.6. The van der Waals surface area contributed by atoms with Crippen molar-refractivity contribution in [1.29, 1.82) is 0 Å². The third kappa shape index (κ3) is 3.87. The summed E-state index contributed by atoms with van der Waals surface area (Å²) in [6.07, 6.45) is 3.92. The van der Waals surface area contributed by atoms with Gasteiger partial charge in [0.05, 0.1) is 17.0 Å². The molecule has 1 aliphatic rings. The fraction of sp³-hybridized carbons (Fsp3) is 0.500. The first-order valence-corrected chi connectivity index (χ1v) is 8.23. The summed E-state index contributed by atoms with van der Waals surface area (Å²) in [7, 11) is 0. The van der Waals surface area contributed by atoms with Crippen LogP contribution in [0.3, 0.4) is 0 Å². The van der Waals surface area contributed by atoms with Gasteiger partial charge in [-0.3, -0.25) is 4.98 Å². The Labute approximate surface area is 129 Å². The highest BCUT2D eigenvalue weighted by atomic mass is 32.1. The second-order valence-electron chi connectivity index (χ2n) is 6.04. The lowest BCUT2D eigenvalue weighted by Gasteiger charge is -2.35. The van der Waals surface area contributed by atoms with Gasteiger partial charge in [0.25, 0.3) is 0 Å². The number of aromatic nitrogens is 2. The Balaban J connectivity index is 1.58. The van der Waals surface area contributed by atoms with E-state index in [1.807, 2.05) is 18.2 Å². The lowest BCUT2D eigenvalue weighted by atomic mass is 9.94. The van der Waals surface area contributed by atoms with Crippen molar-refractivity contribution >= 4 is 11.3 Å². The summed E-state index contributed by atoms with van der Waals surface area (Å²) >= 11 is 1.65. The van der Waals surface area contributed by atoms with Crippen LogP contribution < -0.4 is 5.32 Å². The smallest absolute Gasteiger partial charge is 0.142 e. The number of hydrogen-bond donors (Lipinski definition) is 1. The highest BCUT2D eigenvalue weighted by molar-refractivity contribution is 7.13. The molecule has 1 fully saturated rings. The Kier molecular flexibility index (Phi) is 4.33. The number of ether oxygens (including phenoxy) is 1. The van der Waals surface area contributed by atoms with E-state index in [4.69, 9.17) is 4.74 Å². The van der Waals surface area contributed by atoms with Crippen LogP contribution in [-0.4, -0.2) is 28.2 Å². The van der Waals surface area contributed by atoms with E-state index in [2.05, 4.69) is 34.5 Å². The van der Waals surface area contributed by atoms with Crippen molar-refractivity contribution in [3.63, 3.8) is 0 Å². The van der Waals surface area contributed by atoms with Crippen LogP contribution >= 0.6 is 11.3 Å². The molecule has 1 aliphatic heterocycles. The lowest BCUT2D eigenvalue weighted by molar-refractivity contribution is -0.0630. The molecule has 1 N–H and O–H groups in total. The molecule has 0 saturated carbocycles. The van der Waals surface area contributed by atoms with E-state index in [1.165, 1.54) is 0 Å². The van der Waals surface area contributed by atoms with Gasteiger partial charge in [-0.15, -0.1) is 11.3 Å². The van der Waals surface area contributed by atoms with Crippen molar-refractivity contribution in [3.8, 4) is 10.7 Å². The van der Waals surface area contributed by atoms with Crippen LogP contribution in [0.25, 0.3) is 10.7 Å². The van der Waals surface area contributed by atoms with Crippen LogP contribution in [0.5, 0.6) is 0 Å². The second-order valence-corrected chi connectivity index (χ2v) is 6.90. The average molecular weight is 303 g/mol. The topological polar surface area (TPSA) is 47.0 Å². The largest absolute Gasteiger partial charge is 0.375 e. The number of nitrogens with zero attached hydrogens (tertiary/aromatic N) is 2. The van der Waals surface area contributed by atoms with Crippen LogP contribution in [0.15, 0.2) is 29.8 Å². The summed E-state index contributed by atoms with van der Waals surface area (Å²) in [5.74, 6) is 0. The minimum absolute atomic E-state index is 0.0168. The summed E-state index contributed by atoms with van der Waals surface area (Å²) < 4.78 is 5.75. The van der Waals surface area contributed by atoms with E-state index in [9.17, 15) is 0 Å². The highest BCUT2D eigenvalue weighted by Crippen LogP contribution is 2.25. The molecular formula is C16H21N3OS. The Morgan fingerprint density at radius 1 is 1.43 bits per heavy atom. The van der Waals surface area contributed by atoms with Crippen LogP contribution in [-0.2, 0) is 11.3 Å². The molecule has 0 spiro atoms. The third-order valence-corrected chi connectivity index (χ3v) is 4.62. The van der Waals surface area contributed by atoms with E-state index in [0.717, 1.165) is 42.4 Å². The predicted molar refractivity (Wildman–Crippen MR) is 85.2 cm³/mol. The Hall–Kier alpha value is -1.30. The summed E-state index contributed by atoms with van der Waals surface area (Å²) in [6.45, 7) is 5.96. The molecule has 0 amide bonds. The molecule has 3 heterocycles. The molecule has 3 rings (SSSR count). The van der Waals surface area contributed by atoms with E-state index in [-0.39, 0.29) is 5.60 Å². The van der Waals surface area contributed by atoms with Gasteiger partial charge in [0.15, 0.2) is 0 Å². The van der Waals surface area contributed by atoms with E-state index < -0.39 is 0 Å². The fourth-order valence-electron chi connectivity index (χ4n) is 2.65. The van der Waals surface area contributed by atoms with Gasteiger partial charge < -0.3 is 10.1 Å². The molecule has 1 atom stereocenters. The summed E-state index contributed by atoms with van der Waals surface area (Å²) in [6, 6.07) is 6.42. The first-order chi connectivity index (χ1) is 10.1. The van der Waals surface area contributed by atoms with Gasteiger partial charge in [-0.05, 0) is 38.8 Å². The van der Waals surface area contributed by atoms with Gasteiger partial charge in [-0.1, -0.05) is 6.07 Å². The van der Waals surface area contributed by atoms with Crippen molar-refractivity contribution in [3.05, 3.63) is 35.5 Å². The van der Waals surface area contributed by atoms with Gasteiger partial charge >= 0.3 is 0 Å². The number of hydrogen-bond acceptors (Lipinski definition) is 5. The van der Waals surface area contributed by atoms with Gasteiger partial charge in [0, 0.05) is 30.8 Å². The van der Waals surface area contributed by atoms with Crippen LogP contribution in [0.2, 0.25) is 0 Å². The zero-order valence-electron chi connectivity index (χ0n) is 12.5. The van der Waals surface area contributed by atoms with Gasteiger partial charge in [0.1, 0.15) is 5.01 Å². The maximum absolute atomic E-state index is 5.75. The van der Waals surface area contributed by atoms with E-state index in [0.29, 0.717) is 6.04 Å². The SMILES string of the molecule is CC1(C)CC(NCc2csc(-c3ccccn3)n2)CCO1. The summed E-state index contributed by atoms with van der Waals surface area (Å²) in [4.78, 5) is 9.01. The Bertz CT molecular complexity index is 582. The minimum Gasteiger partial charge on any atom is -0.375 e. The maximum Gasteiger partial charge on any atom is 0.142 e. The van der Waals surface area contributed by atoms with Crippen molar-refractivity contribution < 1.29 is 4.74 Å². The molecular weight excluding hydrogens is 282 g/mol. The minimum atomic E-state index is -0.0168. The second kappa shape index (κ2) is 6.22. The molecule has 0 radical (unpaired) electrons. The molecule has 1 unspecified atom stereocenters. The quantitative estimate of drug-likeness (QED) is 0.942. The normalized spacial score (nSPS) is 21.3. The van der Waals surface area contributed by atoms with Crippen molar-refractivity contribution in [2.24, 2.45) is 0 Å². The van der Waals surface area contributed by atoms with Crippen molar-refractivity contribution in [2.45, 2.75) is 44.9 Å². The van der Waals surface area contributed by atoms with Gasteiger partial charge in [0.2, 0.25) is 0 Å². The van der Waals surface area contributed by atoms with Crippen LogP contribution in [0.4, 0.5) is 0 Å². The molecule has 0 aliphatic carbocycles. The van der Waals surface area contributed by atoms with E-state index >= 15 is 0 Å². The van der Waals surface area contributed by atoms with Gasteiger partial charge in [-0.25, -0.2) is 4.98 Å². The number of rotatable bonds is 4. The van der Waals surface area contributed by atoms with Crippen LogP contribution in [0.1, 0.15) is 32.4 Å². The predicted octanol–water partition coefficient (Wildman–Crippen LogP) is 3.25. The third-order valence-electron chi connectivity index (χ3n) is 3.70. The summed E-state index contributed by atoms with van der Waals surface area (Å²) in [5, 5.41) is 6.70. The monoisotopic (exact) mass is 303 g/mol. The zero-order valence-corrected chi connectivity index (χ0v) is 13.3. The fourth-order valence-corrected chi connectivity index (χ4v) is 3.45. The molecule has 0 bridgehead atoms. The molecule has 4 nitrogen and oxygen atoms in total. The summed E-state index contributed by atoms with van der Waals surface area (Å²) in [5.41, 5.74) is 2.02. The Morgan fingerprint density at radius 3 is 3.10 bits per heavy atom. The van der Waals surface area contributed by atoms with Crippen molar-refractivity contribution in [2.75, 3.05) is 6.61 Å². The average Bonchev–Trinajstić information content (AvgIpc) is 2.94. The number of nitrogens with one attached hydrogen (secondary N) is 1. The molecule has 5 heteroatoms. The number of thiazole rings is 1. The van der Waals surface area contributed by atoms with Gasteiger partial charge in [-0.2, -0.15) is 0 Å². The molecule has 2 aromatic rings. The molecule has 112 valence electrons. The highest BCUT2D eigenvalue weighted by Gasteiger charge is 2.28. The first-order valence-electron chi connectivity index (χ1n) is 7.35. The van der Waals surface area contributed by atoms with E-state index in [1.54, 1.807) is 17.5 Å². The van der Waals surface area contributed by atoms with Crippen molar-refractivity contribution in [1.82, 2.24) is 15.3 Å². The molecule has 2 aromatic heterocycles. The standard InChI is InChI=1S/C16H21N3OS/c1-16(2)9-12(6-8-20-16)18-10-13-11-21-15(19-13)14-5-3-4-7-17-14/h3-5,7,11-12,18H,6,8-10H2,1-2H3. The van der Waals surface area contributed by atoms with Crippen LogP contribution in [0, 0.1) is 0 Å². The lowest BCUT2D eigenvalue weighted by Crippen LogP contribution is -2.43. The molecule has 21 heavy (non-hydrogen) atoms. The molecule has 1 saturated heterocycles. The number of pyridine rings is 1. The Morgan fingerprint density at radius 2 is 2.33 bits per heavy atom.